The summed E-state index contributed by atoms with van der Waals surface area (Å²) in [5.74, 6) is 0.761. The molecule has 0 aromatic heterocycles. The van der Waals surface area contributed by atoms with Crippen molar-refractivity contribution in [2.45, 2.75) is 58.3 Å². The van der Waals surface area contributed by atoms with E-state index in [4.69, 9.17) is 11.6 Å². The van der Waals surface area contributed by atoms with Gasteiger partial charge in [0, 0.05) is 5.88 Å². The summed E-state index contributed by atoms with van der Waals surface area (Å²) in [4.78, 5) is 0. The van der Waals surface area contributed by atoms with Gasteiger partial charge in [-0.15, -0.1) is 11.6 Å². The smallest absolute Gasteiger partial charge is 0.0226 e. The van der Waals surface area contributed by atoms with Gasteiger partial charge in [0.2, 0.25) is 0 Å². The molecule has 0 N–H and O–H groups in total. The number of halogens is 1. The molecule has 0 unspecified atom stereocenters. The molecule has 0 bridgehead atoms. The van der Waals surface area contributed by atoms with E-state index in [1.54, 1.807) is 0 Å². The molecule has 0 aliphatic heterocycles. The summed E-state index contributed by atoms with van der Waals surface area (Å²) < 4.78 is 0. The van der Waals surface area contributed by atoms with E-state index in [1.165, 1.54) is 25.7 Å². The molecule has 0 fully saturated rings. The minimum absolute atomic E-state index is 0.761. The Morgan fingerprint density at radius 3 is 2.00 bits per heavy atom. The summed E-state index contributed by atoms with van der Waals surface area (Å²) in [6.07, 6.45) is 23.0. The lowest BCUT2D eigenvalue weighted by Gasteiger charge is -1.91. The fourth-order valence-corrected chi connectivity index (χ4v) is 1.64. The average molecular weight is 255 g/mol. The fourth-order valence-electron chi connectivity index (χ4n) is 1.48. The quantitative estimate of drug-likeness (QED) is 0.183. The van der Waals surface area contributed by atoms with Crippen molar-refractivity contribution in [3.05, 3.63) is 36.5 Å². The normalized spacial score (nSPS) is 12.4. The van der Waals surface area contributed by atoms with E-state index >= 15 is 0 Å². The molecule has 0 aromatic rings. The van der Waals surface area contributed by atoms with E-state index in [9.17, 15) is 0 Å². The van der Waals surface area contributed by atoms with Gasteiger partial charge in [0.1, 0.15) is 0 Å². The van der Waals surface area contributed by atoms with Crippen molar-refractivity contribution in [2.75, 3.05) is 5.88 Å². The third-order valence-electron chi connectivity index (χ3n) is 2.53. The van der Waals surface area contributed by atoms with E-state index in [0.717, 1.165) is 31.6 Å². The summed E-state index contributed by atoms with van der Waals surface area (Å²) >= 11 is 5.58. The molecule has 0 spiro atoms. The van der Waals surface area contributed by atoms with Crippen molar-refractivity contribution in [3.63, 3.8) is 0 Å². The van der Waals surface area contributed by atoms with E-state index in [2.05, 4.69) is 43.4 Å². The minimum Gasteiger partial charge on any atom is -0.127 e. The first-order chi connectivity index (χ1) is 8.41. The Balaban J connectivity index is 3.26. The average Bonchev–Trinajstić information content (AvgIpc) is 2.35. The highest BCUT2D eigenvalue weighted by Gasteiger charge is 1.81. The number of unbranched alkanes of at least 4 members (excludes halogenated alkanes) is 5. The molecular weight excluding hydrogens is 228 g/mol. The van der Waals surface area contributed by atoms with Crippen LogP contribution < -0.4 is 0 Å². The van der Waals surface area contributed by atoms with Gasteiger partial charge in [0.15, 0.2) is 0 Å². The topological polar surface area (TPSA) is 0 Å². The molecule has 0 aliphatic rings. The molecule has 17 heavy (non-hydrogen) atoms. The zero-order valence-corrected chi connectivity index (χ0v) is 12.0. The summed E-state index contributed by atoms with van der Waals surface area (Å²) in [6.45, 7) is 2.25. The van der Waals surface area contributed by atoms with Crippen molar-refractivity contribution in [1.29, 1.82) is 0 Å². The zero-order valence-electron chi connectivity index (χ0n) is 11.2. The predicted molar refractivity (Wildman–Crippen MR) is 80.8 cm³/mol. The molecule has 0 radical (unpaired) electrons. The summed E-state index contributed by atoms with van der Waals surface area (Å²) in [6, 6.07) is 0. The molecule has 0 atom stereocenters. The van der Waals surface area contributed by atoms with E-state index < -0.39 is 0 Å². The van der Waals surface area contributed by atoms with Gasteiger partial charge in [-0.1, -0.05) is 56.2 Å². The number of hydrogen-bond donors (Lipinski definition) is 0. The van der Waals surface area contributed by atoms with Gasteiger partial charge in [-0.3, -0.25) is 0 Å². The van der Waals surface area contributed by atoms with E-state index in [0.29, 0.717) is 0 Å². The van der Waals surface area contributed by atoms with Crippen LogP contribution in [0.15, 0.2) is 36.5 Å². The summed E-state index contributed by atoms with van der Waals surface area (Å²) in [5.41, 5.74) is 0. The minimum atomic E-state index is 0.761. The van der Waals surface area contributed by atoms with Gasteiger partial charge in [-0.25, -0.2) is 0 Å². The molecule has 0 saturated heterocycles. The maximum atomic E-state index is 5.58. The highest BCUT2D eigenvalue weighted by Crippen LogP contribution is 2.01. The van der Waals surface area contributed by atoms with Crippen LogP contribution in [0, 0.1) is 0 Å². The standard InChI is InChI=1S/C16H27Cl/c1-2-3-4-5-6-7-8-9-10-11-12-13-14-15-16-17/h6-7,10-13H,2-5,8-9,14-16H2,1H3/b7-6-,11-10?,13-12?. The summed E-state index contributed by atoms with van der Waals surface area (Å²) in [7, 11) is 0. The van der Waals surface area contributed by atoms with Crippen LogP contribution in [-0.2, 0) is 0 Å². The van der Waals surface area contributed by atoms with E-state index in [1.807, 2.05) is 0 Å². The van der Waals surface area contributed by atoms with Crippen LogP contribution >= 0.6 is 11.6 Å². The molecule has 0 heterocycles. The molecular formula is C16H27Cl. The monoisotopic (exact) mass is 254 g/mol. The molecule has 0 rings (SSSR count). The maximum Gasteiger partial charge on any atom is 0.0226 e. The number of alkyl halides is 1. The van der Waals surface area contributed by atoms with Crippen LogP contribution in [0.5, 0.6) is 0 Å². The highest BCUT2D eigenvalue weighted by atomic mass is 35.5. The Bertz CT molecular complexity index is 214. The molecule has 0 aliphatic carbocycles. The van der Waals surface area contributed by atoms with Crippen molar-refractivity contribution < 1.29 is 0 Å². The van der Waals surface area contributed by atoms with Gasteiger partial charge in [-0.2, -0.15) is 0 Å². The van der Waals surface area contributed by atoms with Crippen LogP contribution in [0.4, 0.5) is 0 Å². The maximum absolute atomic E-state index is 5.58. The van der Waals surface area contributed by atoms with Gasteiger partial charge in [0.25, 0.3) is 0 Å². The number of allylic oxidation sites excluding steroid dienone is 6. The second-order valence-corrected chi connectivity index (χ2v) is 4.61. The summed E-state index contributed by atoms with van der Waals surface area (Å²) in [5, 5.41) is 0. The Labute approximate surface area is 112 Å². The van der Waals surface area contributed by atoms with Crippen molar-refractivity contribution in [1.82, 2.24) is 0 Å². The van der Waals surface area contributed by atoms with Gasteiger partial charge in [0.05, 0.1) is 0 Å². The fraction of sp³-hybridized carbons (Fsp3) is 0.625. The lowest BCUT2D eigenvalue weighted by Crippen LogP contribution is -1.71. The zero-order chi connectivity index (χ0) is 12.6. The SMILES string of the molecule is CCCCC/C=C\CCC=CC=CCCCCl. The molecule has 0 saturated carbocycles. The molecule has 0 aromatic carbocycles. The first kappa shape index (κ1) is 16.5. The Morgan fingerprint density at radius 1 is 0.706 bits per heavy atom. The van der Waals surface area contributed by atoms with E-state index in [-0.39, 0.29) is 0 Å². The molecule has 0 amide bonds. The van der Waals surface area contributed by atoms with Crippen LogP contribution in [0.2, 0.25) is 0 Å². The predicted octanol–water partition coefficient (Wildman–Crippen LogP) is 6.03. The van der Waals surface area contributed by atoms with Crippen molar-refractivity contribution >= 4 is 11.6 Å². The van der Waals surface area contributed by atoms with Crippen molar-refractivity contribution in [3.8, 4) is 0 Å². The third-order valence-corrected chi connectivity index (χ3v) is 2.80. The Morgan fingerprint density at radius 2 is 1.29 bits per heavy atom. The lowest BCUT2D eigenvalue weighted by molar-refractivity contribution is 0.728. The van der Waals surface area contributed by atoms with Gasteiger partial charge >= 0.3 is 0 Å². The Hall–Kier alpha value is -0.490. The molecule has 0 nitrogen and oxygen atoms in total. The third kappa shape index (κ3) is 15.5. The first-order valence-electron chi connectivity index (χ1n) is 6.94. The highest BCUT2D eigenvalue weighted by molar-refractivity contribution is 6.17. The largest absolute Gasteiger partial charge is 0.127 e. The number of hydrogen-bond acceptors (Lipinski definition) is 0. The van der Waals surface area contributed by atoms with Crippen LogP contribution in [-0.4, -0.2) is 5.88 Å². The number of rotatable bonds is 11. The molecule has 1 heteroatoms. The molecule has 98 valence electrons. The van der Waals surface area contributed by atoms with Crippen LogP contribution in [0.1, 0.15) is 58.3 Å². The second-order valence-electron chi connectivity index (χ2n) is 4.23. The van der Waals surface area contributed by atoms with Gasteiger partial charge in [-0.05, 0) is 38.5 Å². The van der Waals surface area contributed by atoms with Crippen molar-refractivity contribution in [2.24, 2.45) is 0 Å². The lowest BCUT2D eigenvalue weighted by atomic mass is 10.2. The van der Waals surface area contributed by atoms with Crippen LogP contribution in [0.25, 0.3) is 0 Å². The Kier molecular flexibility index (Phi) is 15.1. The first-order valence-corrected chi connectivity index (χ1v) is 7.48. The van der Waals surface area contributed by atoms with Crippen LogP contribution in [0.3, 0.4) is 0 Å². The van der Waals surface area contributed by atoms with Gasteiger partial charge < -0.3 is 0 Å². The second kappa shape index (κ2) is 15.5.